The highest BCUT2D eigenvalue weighted by molar-refractivity contribution is 5.53. The van der Waals surface area contributed by atoms with Gasteiger partial charge in [0.15, 0.2) is 0 Å². The number of hydrogen-bond acceptors (Lipinski definition) is 2. The van der Waals surface area contributed by atoms with Crippen molar-refractivity contribution in [2.24, 2.45) is 5.89 Å². The minimum Gasteiger partial charge on any atom is -0.507 e. The van der Waals surface area contributed by atoms with Gasteiger partial charge in [-0.2, -0.15) is 0 Å². The highest BCUT2D eigenvalue weighted by Crippen LogP contribution is 2.53. The van der Waals surface area contributed by atoms with E-state index in [1.165, 1.54) is 13.8 Å². The first kappa shape index (κ1) is 7.21. The summed E-state index contributed by atoms with van der Waals surface area (Å²) < 4.78 is 108. The van der Waals surface area contributed by atoms with Crippen LogP contribution in [0.1, 0.15) is 93.1 Å². The number of phenolic OH excluding ortho intramolecular Hbond substituents is 1. The van der Waals surface area contributed by atoms with Crippen molar-refractivity contribution in [3.63, 3.8) is 0 Å². The Morgan fingerprint density at radius 2 is 2.35 bits per heavy atom. The zero-order valence-electron chi connectivity index (χ0n) is 25.7. The number of aromatic hydroxyl groups is 1. The molecule has 1 aromatic rings. The molecule has 3 rings (SSSR count). The molecule has 1 heterocycles. The van der Waals surface area contributed by atoms with Crippen molar-refractivity contribution < 1.29 is 26.3 Å². The summed E-state index contributed by atoms with van der Waals surface area (Å²) in [4.78, 5) is 0. The Hall–Kier alpha value is -1.44. The van der Waals surface area contributed by atoms with Crippen molar-refractivity contribution in [2.45, 2.75) is 77.5 Å². The van der Waals surface area contributed by atoms with Crippen molar-refractivity contribution in [3.05, 3.63) is 34.8 Å². The first-order valence-corrected chi connectivity index (χ1v) is 7.90. The molecule has 0 saturated carbocycles. The molecule has 23 heavy (non-hydrogen) atoms. The summed E-state index contributed by atoms with van der Waals surface area (Å²) in [7, 11) is 0. The third-order valence-corrected chi connectivity index (χ3v) is 3.96. The summed E-state index contributed by atoms with van der Waals surface area (Å²) >= 11 is 0. The molecule has 0 bridgehead atoms. The van der Waals surface area contributed by atoms with Crippen molar-refractivity contribution in [3.8, 4) is 11.5 Å². The van der Waals surface area contributed by atoms with Crippen LogP contribution in [-0.2, 0) is 6.37 Å². The van der Waals surface area contributed by atoms with Gasteiger partial charge in [0.1, 0.15) is 17.1 Å². The van der Waals surface area contributed by atoms with Crippen molar-refractivity contribution >= 4 is 0 Å². The maximum atomic E-state index is 11.1. The number of unbranched alkanes of at least 4 members (excludes halogenated alkanes) is 1. The van der Waals surface area contributed by atoms with Crippen LogP contribution in [0.3, 0.4) is 0 Å². The number of benzene rings is 1. The molecule has 1 aromatic carbocycles. The molecule has 126 valence electrons. The normalized spacial score (nSPS) is 42.9. The van der Waals surface area contributed by atoms with Gasteiger partial charge in [0.25, 0.3) is 0 Å². The minimum atomic E-state index is -2.97. The van der Waals surface area contributed by atoms with Gasteiger partial charge in [-0.25, -0.2) is 0 Å². The van der Waals surface area contributed by atoms with Crippen LogP contribution in [0, 0.1) is 5.89 Å². The predicted octanol–water partition coefficient (Wildman–Crippen LogP) is 5.74. The molecule has 0 unspecified atom stereocenters. The van der Waals surface area contributed by atoms with Gasteiger partial charge in [-0.1, -0.05) is 31.4 Å². The Morgan fingerprint density at radius 1 is 1.52 bits per heavy atom. The van der Waals surface area contributed by atoms with E-state index in [1.807, 2.05) is 6.92 Å². The summed E-state index contributed by atoms with van der Waals surface area (Å²) in [6.07, 6.45) is -4.79. The van der Waals surface area contributed by atoms with Crippen molar-refractivity contribution in [2.75, 3.05) is 0 Å². The lowest BCUT2D eigenvalue weighted by atomic mass is 9.68. The van der Waals surface area contributed by atoms with Crippen LogP contribution < -0.4 is 4.74 Å². The number of phenols is 1. The van der Waals surface area contributed by atoms with Gasteiger partial charge >= 0.3 is 0 Å². The lowest BCUT2D eigenvalue weighted by Crippen LogP contribution is -2.45. The van der Waals surface area contributed by atoms with Crippen LogP contribution in [0.4, 0.5) is 0 Å². The third kappa shape index (κ3) is 3.13. The van der Waals surface area contributed by atoms with E-state index in [0.717, 1.165) is 0 Å². The Morgan fingerprint density at radius 3 is 3.09 bits per heavy atom. The van der Waals surface area contributed by atoms with Gasteiger partial charge in [0.2, 0.25) is 0 Å². The van der Waals surface area contributed by atoms with Crippen molar-refractivity contribution in [1.29, 1.82) is 0 Å². The second kappa shape index (κ2) is 6.22. The lowest BCUT2D eigenvalue weighted by molar-refractivity contribution is 0.0107. The number of ether oxygens (including phenoxy) is 1. The quantitative estimate of drug-likeness (QED) is 0.715. The third-order valence-electron chi connectivity index (χ3n) is 3.96. The average Bonchev–Trinajstić information content (AvgIpc) is 2.70. The van der Waals surface area contributed by atoms with E-state index in [4.69, 9.17) is 18.4 Å². The average molecular weight is 327 g/mol. The fourth-order valence-corrected chi connectivity index (χ4v) is 2.81. The maximum Gasteiger partial charge on any atom is 0.127 e. The van der Waals surface area contributed by atoms with Crippen LogP contribution in [0.25, 0.3) is 0 Å². The molecule has 1 aliphatic carbocycles. The summed E-state index contributed by atoms with van der Waals surface area (Å²) in [5, 5.41) is 11.1. The molecular weight excluding hydrogens is 284 g/mol. The van der Waals surface area contributed by atoms with E-state index in [2.05, 4.69) is 0 Å². The zero-order valence-corrected chi connectivity index (χ0v) is 13.7. The maximum absolute atomic E-state index is 11.1. The molecule has 1 N–H and O–H groups in total. The van der Waals surface area contributed by atoms with E-state index < -0.39 is 89.7 Å². The van der Waals surface area contributed by atoms with E-state index in [0.29, 0.717) is 12.8 Å². The van der Waals surface area contributed by atoms with Gasteiger partial charge in [-0.3, -0.25) is 0 Å². The molecular formula is C21H30O2. The Kier molecular flexibility index (Phi) is 1.95. The lowest BCUT2D eigenvalue weighted by Gasteiger charge is -2.46. The van der Waals surface area contributed by atoms with E-state index in [-0.39, 0.29) is 6.42 Å². The molecule has 0 aromatic heterocycles. The molecule has 0 spiro atoms. The number of allylic oxidation sites excluding steroid dienone is 2. The first-order chi connectivity index (χ1) is 15.6. The molecule has 1 aliphatic heterocycles. The van der Waals surface area contributed by atoms with Gasteiger partial charge < -0.3 is 9.84 Å². The van der Waals surface area contributed by atoms with E-state index >= 15 is 0 Å². The Bertz CT molecular complexity index is 1090. The van der Waals surface area contributed by atoms with Gasteiger partial charge in [-0.15, -0.1) is 0 Å². The molecule has 0 radical (unpaired) electrons. The molecule has 2 aliphatic rings. The predicted molar refractivity (Wildman–Crippen MR) is 95.3 cm³/mol. The van der Waals surface area contributed by atoms with Crippen LogP contribution in [0.5, 0.6) is 11.5 Å². The van der Waals surface area contributed by atoms with Crippen LogP contribution in [0.2, 0.25) is 0 Å². The molecule has 2 heteroatoms. The molecule has 0 amide bonds. The largest absolute Gasteiger partial charge is 0.507 e. The first-order valence-electron chi connectivity index (χ1n) is 13.9. The second-order valence-corrected chi connectivity index (χ2v) is 6.28. The molecule has 0 saturated heterocycles. The Balaban J connectivity index is 2.53. The van der Waals surface area contributed by atoms with Crippen LogP contribution in [0.15, 0.2) is 23.7 Å². The molecule has 0 fully saturated rings. The monoisotopic (exact) mass is 326 g/mol. The SMILES string of the molecule is [2H]C1=C(C([2H])([2H])[2H])CC([2H])([2H])[C@@]2([2H])C(C)(C)Oc3c([2H])c(C([2H])([2H])CCCC)c([2H])c(O)c3[C@]12[2H]. The standard InChI is InChI=1S/C21H30O2/c1-5-6-7-8-15-12-18(22)20-16-11-14(2)9-10-17(16)21(3,4)23-19(20)13-15/h11-13,16-17,22H,5-10H2,1-4H3/t16-,17-/m1/s1/i2D3,8D2,10D2,11D,12D,13D,16D,17D. The number of hydrogen-bond donors (Lipinski definition) is 1. The molecule has 2 nitrogen and oxygen atoms in total. The van der Waals surface area contributed by atoms with Crippen molar-refractivity contribution in [1.82, 2.24) is 0 Å². The number of fused-ring (bicyclic) bond motifs is 3. The number of rotatable bonds is 4. The molecule has 2 atom stereocenters. The summed E-state index contributed by atoms with van der Waals surface area (Å²) in [5.41, 5.74) is -3.82. The highest BCUT2D eigenvalue weighted by atomic mass is 16.5. The van der Waals surface area contributed by atoms with Crippen LogP contribution >= 0.6 is 0 Å². The Labute approximate surface area is 157 Å². The fourth-order valence-electron chi connectivity index (χ4n) is 2.81. The fraction of sp³-hybridized carbons (Fsp3) is 0.619. The zero-order chi connectivity index (χ0) is 27.2. The minimum absolute atomic E-state index is 0.0629. The highest BCUT2D eigenvalue weighted by Gasteiger charge is 2.45. The topological polar surface area (TPSA) is 29.5 Å². The van der Waals surface area contributed by atoms with E-state index in [9.17, 15) is 7.85 Å². The second-order valence-electron chi connectivity index (χ2n) is 6.28. The summed E-state index contributed by atoms with van der Waals surface area (Å²) in [6.45, 7) is 1.44. The van der Waals surface area contributed by atoms with Gasteiger partial charge in [0.05, 0.1) is 4.11 Å². The van der Waals surface area contributed by atoms with Gasteiger partial charge in [-0.05, 0) is 63.9 Å². The van der Waals surface area contributed by atoms with Crippen LogP contribution in [-0.4, -0.2) is 10.7 Å². The van der Waals surface area contributed by atoms with E-state index in [1.54, 1.807) is 0 Å². The smallest absolute Gasteiger partial charge is 0.127 e. The summed E-state index contributed by atoms with van der Waals surface area (Å²) in [5.74, 6) is -7.13. The van der Waals surface area contributed by atoms with Gasteiger partial charge in [0, 0.05) is 29.7 Å². The summed E-state index contributed by atoms with van der Waals surface area (Å²) in [6, 6.07) is -2.40.